The Balaban J connectivity index is 0.00000178. The molecule has 0 amide bonds. The van der Waals surface area contributed by atoms with E-state index in [1.54, 1.807) is 0 Å². The van der Waals surface area contributed by atoms with Gasteiger partial charge >= 0.3 is 33.3 Å². The van der Waals surface area contributed by atoms with Gasteiger partial charge in [0.1, 0.15) is 0 Å². The molecule has 0 saturated carbocycles. The molecule has 0 aromatic heterocycles. The molecule has 0 aromatic carbocycles. The third kappa shape index (κ3) is 19.4. The van der Waals surface area contributed by atoms with E-state index in [0.29, 0.717) is 6.54 Å². The van der Waals surface area contributed by atoms with E-state index in [1.165, 1.54) is 0 Å². The van der Waals surface area contributed by atoms with Gasteiger partial charge in [-0.1, -0.05) is 0 Å². The van der Waals surface area contributed by atoms with E-state index >= 15 is 0 Å². The van der Waals surface area contributed by atoms with Crippen LogP contribution in [-0.4, -0.2) is 95.1 Å². The standard InChI is InChI=1S/C13H31N5O3S.2ClH.Mn/c1-13-12-18(10-11-22(19,20)21)9-8-16-5-4-14-2-3-15-6-7-17-13;;;/h13-17H,2-12H2,1H3,(H,19,20,21);2*1H;/q;;;+2/p-2/t13-;;;/m0.../s1. The molecule has 0 aliphatic carbocycles. The number of hydrogen-bond acceptors (Lipinski definition) is 7. The second-order valence-corrected chi connectivity index (χ2v) is 9.27. The van der Waals surface area contributed by atoms with Crippen molar-refractivity contribution in [2.24, 2.45) is 0 Å². The number of hydrogen-bond donors (Lipinski definition) is 5. The van der Waals surface area contributed by atoms with Gasteiger partial charge in [-0.05, 0) is 6.92 Å². The van der Waals surface area contributed by atoms with Crippen LogP contribution >= 0.6 is 20.2 Å². The van der Waals surface area contributed by atoms with Crippen molar-refractivity contribution in [1.82, 2.24) is 26.2 Å². The molecule has 1 aliphatic rings. The first-order valence-electron chi connectivity index (χ1n) is 8.29. The van der Waals surface area contributed by atoms with Crippen molar-refractivity contribution in [3.63, 3.8) is 0 Å². The van der Waals surface area contributed by atoms with E-state index in [4.69, 9.17) is 24.7 Å². The first kappa shape index (κ1) is 25.8. The van der Waals surface area contributed by atoms with Crippen LogP contribution in [0, 0.1) is 0 Å². The third-order valence-electron chi connectivity index (χ3n) is 3.55. The molecule has 1 atom stereocenters. The Hall–Kier alpha value is 0.809. The van der Waals surface area contributed by atoms with Crippen LogP contribution in [0.3, 0.4) is 0 Å². The molecule has 153 valence electrons. The third-order valence-corrected chi connectivity index (χ3v) is 4.25. The van der Waals surface area contributed by atoms with Crippen LogP contribution in [0.15, 0.2) is 0 Å². The van der Waals surface area contributed by atoms with Crippen molar-refractivity contribution < 1.29 is 26.1 Å². The average Bonchev–Trinajstić information content (AvgIpc) is 2.53. The zero-order valence-corrected chi connectivity index (χ0v) is 18.1. The Kier molecular flexibility index (Phi) is 17.5. The van der Waals surface area contributed by atoms with Crippen LogP contribution in [0.1, 0.15) is 6.92 Å². The fourth-order valence-electron chi connectivity index (χ4n) is 2.36. The minimum atomic E-state index is -3.91. The van der Waals surface area contributed by atoms with Gasteiger partial charge in [0.05, 0.1) is 5.75 Å². The van der Waals surface area contributed by atoms with E-state index < -0.39 is 10.1 Å². The topological polar surface area (TPSA) is 106 Å². The normalized spacial score (nSPS) is 23.0. The van der Waals surface area contributed by atoms with Crippen molar-refractivity contribution in [3.8, 4) is 0 Å². The minimum absolute atomic E-state index is 0.00694. The van der Waals surface area contributed by atoms with Crippen LogP contribution < -0.4 is 21.3 Å². The fraction of sp³-hybridized carbons (Fsp3) is 1.00. The molecular weight excluding hydrogens is 432 g/mol. The molecule has 0 bridgehead atoms. The molecule has 1 fully saturated rings. The van der Waals surface area contributed by atoms with Crippen molar-refractivity contribution in [2.45, 2.75) is 13.0 Å². The van der Waals surface area contributed by atoms with Crippen LogP contribution in [0.5, 0.6) is 0 Å². The molecule has 1 heterocycles. The Labute approximate surface area is 166 Å². The Morgan fingerprint density at radius 3 is 2.04 bits per heavy atom. The maximum absolute atomic E-state index is 10.9. The molecule has 1 saturated heterocycles. The van der Waals surface area contributed by atoms with E-state index in [0.717, 1.165) is 58.9 Å². The molecule has 0 radical (unpaired) electrons. The second kappa shape index (κ2) is 16.9. The van der Waals surface area contributed by atoms with Crippen molar-refractivity contribution in [1.29, 1.82) is 0 Å². The summed E-state index contributed by atoms with van der Waals surface area (Å²) in [5.74, 6) is -0.219. The van der Waals surface area contributed by atoms with Crippen molar-refractivity contribution >= 4 is 30.3 Å². The van der Waals surface area contributed by atoms with Gasteiger partial charge < -0.3 is 21.3 Å². The molecule has 0 aromatic rings. The van der Waals surface area contributed by atoms with Crippen molar-refractivity contribution in [3.05, 3.63) is 0 Å². The summed E-state index contributed by atoms with van der Waals surface area (Å²) in [5.41, 5.74) is 0. The van der Waals surface area contributed by atoms with Gasteiger partial charge in [0.25, 0.3) is 10.1 Å². The zero-order valence-electron chi connectivity index (χ0n) is 14.6. The first-order chi connectivity index (χ1) is 11.9. The predicted molar refractivity (Wildman–Crippen MR) is 101 cm³/mol. The van der Waals surface area contributed by atoms with Crippen LogP contribution in [0.4, 0.5) is 0 Å². The predicted octanol–water partition coefficient (Wildman–Crippen LogP) is -0.687. The van der Waals surface area contributed by atoms with Crippen LogP contribution in [0.2, 0.25) is 0 Å². The average molecular weight is 463 g/mol. The van der Waals surface area contributed by atoms with Gasteiger partial charge in [-0.3, -0.25) is 9.45 Å². The molecule has 1 aliphatic heterocycles. The summed E-state index contributed by atoms with van der Waals surface area (Å²) < 4.78 is 30.8. The van der Waals surface area contributed by atoms with E-state index in [1.807, 2.05) is 0 Å². The number of rotatable bonds is 3. The molecule has 5 N–H and O–H groups in total. The number of halogens is 2. The molecule has 1 rings (SSSR count). The number of nitrogens with zero attached hydrogens (tertiary/aromatic N) is 1. The summed E-state index contributed by atoms with van der Waals surface area (Å²) in [6.45, 7) is 10.3. The van der Waals surface area contributed by atoms with Crippen LogP contribution in [-0.2, 0) is 23.3 Å². The van der Waals surface area contributed by atoms with Gasteiger partial charge in [-0.25, -0.2) is 0 Å². The van der Waals surface area contributed by atoms with E-state index in [-0.39, 0.29) is 24.9 Å². The Morgan fingerprint density at radius 2 is 1.52 bits per heavy atom. The second-order valence-electron chi connectivity index (χ2n) is 5.75. The van der Waals surface area contributed by atoms with E-state index in [9.17, 15) is 8.42 Å². The van der Waals surface area contributed by atoms with E-state index in [2.05, 4.69) is 33.1 Å². The summed E-state index contributed by atoms with van der Waals surface area (Å²) in [6, 6.07) is 0.270. The summed E-state index contributed by atoms with van der Waals surface area (Å²) in [7, 11) is 5.68. The van der Waals surface area contributed by atoms with Crippen LogP contribution in [0.25, 0.3) is 0 Å². The summed E-state index contributed by atoms with van der Waals surface area (Å²) in [4.78, 5) is 2.07. The molecule has 25 heavy (non-hydrogen) atoms. The molecule has 8 nitrogen and oxygen atoms in total. The Morgan fingerprint density at radius 1 is 1.04 bits per heavy atom. The number of nitrogens with one attached hydrogen (secondary N) is 4. The van der Waals surface area contributed by atoms with Crippen molar-refractivity contribution in [2.75, 3.05) is 71.2 Å². The first-order valence-corrected chi connectivity index (χ1v) is 13.1. The summed E-state index contributed by atoms with van der Waals surface area (Å²) in [5, 5.41) is 13.5. The molecule has 0 unspecified atom stereocenters. The molecule has 0 spiro atoms. The zero-order chi connectivity index (χ0) is 19.0. The fourth-order valence-corrected chi connectivity index (χ4v) is 2.85. The quantitative estimate of drug-likeness (QED) is 0.277. The SMILES string of the molecule is C[C@H]1CN(CCS(=O)(=O)O)CCNCCNCCNCCN1.[Cl][Mn][Cl]. The van der Waals surface area contributed by atoms with Gasteiger partial charge in [-0.2, -0.15) is 8.42 Å². The maximum atomic E-state index is 10.9. The monoisotopic (exact) mass is 462 g/mol. The van der Waals surface area contributed by atoms with Gasteiger partial charge in [0.2, 0.25) is 0 Å². The van der Waals surface area contributed by atoms with Gasteiger partial charge in [0.15, 0.2) is 0 Å². The molecular formula is C13H31Cl2MnN5O3S. The molecule has 12 heteroatoms. The van der Waals surface area contributed by atoms with Gasteiger partial charge in [-0.15, -0.1) is 0 Å². The summed E-state index contributed by atoms with van der Waals surface area (Å²) in [6.07, 6.45) is 0. The van der Waals surface area contributed by atoms with Gasteiger partial charge in [0, 0.05) is 71.5 Å². The Bertz CT molecular complexity index is 409. The summed E-state index contributed by atoms with van der Waals surface area (Å²) >= 11 is 0.00694.